The molecule has 1 aliphatic heterocycles. The summed E-state index contributed by atoms with van der Waals surface area (Å²) in [4.78, 5) is 0. The van der Waals surface area contributed by atoms with E-state index < -0.39 is 0 Å². The van der Waals surface area contributed by atoms with Gasteiger partial charge in [-0.3, -0.25) is 0 Å². The van der Waals surface area contributed by atoms with Gasteiger partial charge < -0.3 is 10.5 Å². The summed E-state index contributed by atoms with van der Waals surface area (Å²) in [6, 6.07) is 8.55. The van der Waals surface area contributed by atoms with Crippen molar-refractivity contribution in [2.24, 2.45) is 17.1 Å². The van der Waals surface area contributed by atoms with E-state index in [1.54, 1.807) is 0 Å². The Labute approximate surface area is 111 Å². The number of nitrogens with two attached hydrogens (primary N) is 1. The van der Waals surface area contributed by atoms with Crippen LogP contribution in [0, 0.1) is 11.3 Å². The van der Waals surface area contributed by atoms with Crippen LogP contribution in [0.4, 0.5) is 0 Å². The number of fused-ring (bicyclic) bond motifs is 1. The molecule has 0 saturated carbocycles. The van der Waals surface area contributed by atoms with Crippen LogP contribution in [0.15, 0.2) is 24.3 Å². The van der Waals surface area contributed by atoms with E-state index in [0.717, 1.165) is 25.2 Å². The zero-order valence-corrected chi connectivity index (χ0v) is 11.8. The first kappa shape index (κ1) is 13.4. The highest BCUT2D eigenvalue weighted by molar-refractivity contribution is 5.35. The van der Waals surface area contributed by atoms with E-state index in [-0.39, 0.29) is 6.04 Å². The molecule has 0 bridgehead atoms. The van der Waals surface area contributed by atoms with Crippen LogP contribution in [0.5, 0.6) is 5.75 Å². The van der Waals surface area contributed by atoms with Crippen LogP contribution < -0.4 is 10.5 Å². The predicted molar refractivity (Wildman–Crippen MR) is 75.8 cm³/mol. The van der Waals surface area contributed by atoms with Crippen LogP contribution in [-0.4, -0.2) is 12.6 Å². The molecule has 0 saturated heterocycles. The second kappa shape index (κ2) is 5.31. The average Bonchev–Trinajstić information content (AvgIpc) is 2.34. The molecule has 2 N–H and O–H groups in total. The molecule has 1 aromatic carbocycles. The van der Waals surface area contributed by atoms with Crippen LogP contribution in [0.3, 0.4) is 0 Å². The van der Waals surface area contributed by atoms with Gasteiger partial charge in [-0.25, -0.2) is 0 Å². The number of hydrogen-bond acceptors (Lipinski definition) is 2. The number of ether oxygens (including phenoxy) is 1. The predicted octanol–water partition coefficient (Wildman–Crippen LogP) is 3.39. The van der Waals surface area contributed by atoms with Crippen LogP contribution >= 0.6 is 0 Å². The number of para-hydroxylation sites is 1. The van der Waals surface area contributed by atoms with Gasteiger partial charge in [-0.1, -0.05) is 39.0 Å². The molecule has 0 amide bonds. The first-order valence-corrected chi connectivity index (χ1v) is 6.92. The summed E-state index contributed by atoms with van der Waals surface area (Å²) in [7, 11) is 0. The molecule has 100 valence electrons. The summed E-state index contributed by atoms with van der Waals surface area (Å²) >= 11 is 0. The molecule has 1 aromatic rings. The first-order chi connectivity index (χ1) is 8.46. The van der Waals surface area contributed by atoms with Crippen LogP contribution in [0.25, 0.3) is 0 Å². The maximum absolute atomic E-state index is 6.33. The van der Waals surface area contributed by atoms with Crippen LogP contribution in [0.2, 0.25) is 0 Å². The van der Waals surface area contributed by atoms with Crippen molar-refractivity contribution < 1.29 is 4.74 Å². The molecule has 2 atom stereocenters. The van der Waals surface area contributed by atoms with Gasteiger partial charge in [0.05, 0.1) is 6.61 Å². The minimum absolute atomic E-state index is 0.248. The molecule has 0 fully saturated rings. The van der Waals surface area contributed by atoms with E-state index in [1.807, 2.05) is 12.1 Å². The average molecular weight is 247 g/mol. The molecule has 18 heavy (non-hydrogen) atoms. The molecular weight excluding hydrogens is 222 g/mol. The van der Waals surface area contributed by atoms with Crippen molar-refractivity contribution in [1.29, 1.82) is 0 Å². The Morgan fingerprint density at radius 2 is 2.06 bits per heavy atom. The van der Waals surface area contributed by atoms with Crippen molar-refractivity contribution in [3.8, 4) is 5.75 Å². The van der Waals surface area contributed by atoms with Crippen LogP contribution in [-0.2, 0) is 6.42 Å². The van der Waals surface area contributed by atoms with Crippen molar-refractivity contribution in [3.05, 3.63) is 29.8 Å². The normalized spacial score (nSPS) is 21.0. The first-order valence-electron chi connectivity index (χ1n) is 6.92. The monoisotopic (exact) mass is 247 g/mol. The molecular formula is C16H25NO. The fourth-order valence-corrected chi connectivity index (χ4v) is 2.46. The topological polar surface area (TPSA) is 35.2 Å². The van der Waals surface area contributed by atoms with Crippen molar-refractivity contribution >= 4 is 0 Å². The van der Waals surface area contributed by atoms with Gasteiger partial charge in [0.2, 0.25) is 0 Å². The SMILES string of the molecule is CC(C)(C)CCC(N)C1COc2ccccc2C1. The molecule has 2 nitrogen and oxygen atoms in total. The van der Waals surface area contributed by atoms with Crippen molar-refractivity contribution in [3.63, 3.8) is 0 Å². The Hall–Kier alpha value is -1.02. The maximum atomic E-state index is 6.33. The number of benzene rings is 1. The van der Waals surface area contributed by atoms with E-state index in [2.05, 4.69) is 32.9 Å². The largest absolute Gasteiger partial charge is 0.493 e. The van der Waals surface area contributed by atoms with Gasteiger partial charge in [0.25, 0.3) is 0 Å². The molecule has 0 aromatic heterocycles. The minimum atomic E-state index is 0.248. The van der Waals surface area contributed by atoms with Crippen molar-refractivity contribution in [2.75, 3.05) is 6.61 Å². The molecule has 0 aliphatic carbocycles. The van der Waals surface area contributed by atoms with E-state index in [9.17, 15) is 0 Å². The van der Waals surface area contributed by atoms with Gasteiger partial charge in [-0.2, -0.15) is 0 Å². The quantitative estimate of drug-likeness (QED) is 0.888. The molecule has 0 radical (unpaired) electrons. The summed E-state index contributed by atoms with van der Waals surface area (Å²) < 4.78 is 5.81. The van der Waals surface area contributed by atoms with Gasteiger partial charge >= 0.3 is 0 Å². The Morgan fingerprint density at radius 3 is 2.78 bits per heavy atom. The van der Waals surface area contributed by atoms with Gasteiger partial charge in [-0.05, 0) is 36.3 Å². The minimum Gasteiger partial charge on any atom is -0.493 e. The summed E-state index contributed by atoms with van der Waals surface area (Å²) in [5.41, 5.74) is 8.00. The Bertz CT molecular complexity index is 394. The molecule has 0 spiro atoms. The fourth-order valence-electron chi connectivity index (χ4n) is 2.46. The Balaban J connectivity index is 1.92. The highest BCUT2D eigenvalue weighted by atomic mass is 16.5. The summed E-state index contributed by atoms with van der Waals surface area (Å²) in [6.07, 6.45) is 3.31. The molecule has 2 heteroatoms. The number of rotatable bonds is 3. The third kappa shape index (κ3) is 3.49. The highest BCUT2D eigenvalue weighted by Gasteiger charge is 2.25. The van der Waals surface area contributed by atoms with E-state index in [1.165, 1.54) is 12.0 Å². The Morgan fingerprint density at radius 1 is 1.33 bits per heavy atom. The molecule has 1 aliphatic rings. The zero-order valence-electron chi connectivity index (χ0n) is 11.8. The zero-order chi connectivity index (χ0) is 13.2. The van der Waals surface area contributed by atoms with Gasteiger partial charge in [0, 0.05) is 12.0 Å². The summed E-state index contributed by atoms with van der Waals surface area (Å²) in [6.45, 7) is 7.58. The van der Waals surface area contributed by atoms with E-state index in [4.69, 9.17) is 10.5 Å². The molecule has 2 rings (SSSR count). The lowest BCUT2D eigenvalue weighted by molar-refractivity contribution is 0.187. The Kier molecular flexibility index (Phi) is 3.96. The second-order valence-corrected chi connectivity index (χ2v) is 6.65. The lowest BCUT2D eigenvalue weighted by Crippen LogP contribution is -2.38. The molecule has 2 unspecified atom stereocenters. The van der Waals surface area contributed by atoms with E-state index >= 15 is 0 Å². The standard InChI is InChI=1S/C16H25NO/c1-16(2,3)9-8-14(17)13-10-12-6-4-5-7-15(12)18-11-13/h4-7,13-14H,8-11,17H2,1-3H3. The summed E-state index contributed by atoms with van der Waals surface area (Å²) in [5, 5.41) is 0. The van der Waals surface area contributed by atoms with Gasteiger partial charge in [0.15, 0.2) is 0 Å². The van der Waals surface area contributed by atoms with Crippen LogP contribution in [0.1, 0.15) is 39.2 Å². The van der Waals surface area contributed by atoms with Gasteiger partial charge in [-0.15, -0.1) is 0 Å². The number of hydrogen-bond donors (Lipinski definition) is 1. The fraction of sp³-hybridized carbons (Fsp3) is 0.625. The maximum Gasteiger partial charge on any atom is 0.122 e. The molecule has 1 heterocycles. The lowest BCUT2D eigenvalue weighted by atomic mass is 9.83. The van der Waals surface area contributed by atoms with Gasteiger partial charge in [0.1, 0.15) is 5.75 Å². The third-order valence-corrected chi connectivity index (χ3v) is 3.74. The van der Waals surface area contributed by atoms with Crippen molar-refractivity contribution in [1.82, 2.24) is 0 Å². The smallest absolute Gasteiger partial charge is 0.122 e. The second-order valence-electron chi connectivity index (χ2n) is 6.65. The lowest BCUT2D eigenvalue weighted by Gasteiger charge is -2.31. The highest BCUT2D eigenvalue weighted by Crippen LogP contribution is 2.30. The van der Waals surface area contributed by atoms with E-state index in [0.29, 0.717) is 11.3 Å². The summed E-state index contributed by atoms with van der Waals surface area (Å²) in [5.74, 6) is 1.50. The third-order valence-electron chi connectivity index (χ3n) is 3.74. The van der Waals surface area contributed by atoms with Crippen molar-refractivity contribution in [2.45, 2.75) is 46.1 Å².